The average Bonchev–Trinajstić information content (AvgIpc) is 3.40. The molecule has 5 amide bonds. The molecule has 250 valence electrons. The van der Waals surface area contributed by atoms with Gasteiger partial charge in [-0.1, -0.05) is 18.2 Å². The van der Waals surface area contributed by atoms with Crippen LogP contribution in [0.2, 0.25) is 0 Å². The predicted molar refractivity (Wildman–Crippen MR) is 185 cm³/mol. The Morgan fingerprint density at radius 3 is 2.06 bits per heavy atom. The van der Waals surface area contributed by atoms with Gasteiger partial charge in [0, 0.05) is 39.8 Å². The van der Waals surface area contributed by atoms with Crippen molar-refractivity contribution in [2.75, 3.05) is 31.5 Å². The second-order valence-corrected chi connectivity index (χ2v) is 11.9. The van der Waals surface area contributed by atoms with Crippen molar-refractivity contribution in [1.82, 2.24) is 5.32 Å². The fourth-order valence-corrected chi connectivity index (χ4v) is 6.04. The van der Waals surface area contributed by atoms with Gasteiger partial charge in [-0.15, -0.1) is 11.8 Å². The van der Waals surface area contributed by atoms with Gasteiger partial charge < -0.3 is 30.6 Å². The molecule has 12 nitrogen and oxygen atoms in total. The molecule has 1 aliphatic heterocycles. The van der Waals surface area contributed by atoms with E-state index in [9.17, 15) is 24.0 Å². The molecule has 1 heterocycles. The highest BCUT2D eigenvalue weighted by Gasteiger charge is 2.40. The molecular weight excluding hydrogens is 648 g/mol. The standard InChI is InChI=1S/C36H32N4O8S/c1-46-28-19-30(48-3)29(47-2)18-23(28)17-27(39-34(43)22-7-5-4-6-8-22)35(44)38-24-11-15-26(16-12-24)49-31-20-32(41)40(36(31)45)25-13-9-21(10-14-25)33(37)42/h4-19,31H,20H2,1-3H3,(H2,37,42)(H,38,44)(H,39,43)/b27-17-. The van der Waals surface area contributed by atoms with Crippen LogP contribution in [-0.4, -0.2) is 56.1 Å². The molecule has 1 fully saturated rings. The number of carbonyl (C=O) groups excluding carboxylic acids is 5. The van der Waals surface area contributed by atoms with Crippen LogP contribution in [0.25, 0.3) is 6.08 Å². The number of rotatable bonds is 12. The third-order valence-corrected chi connectivity index (χ3v) is 8.67. The molecule has 13 heteroatoms. The molecule has 4 aromatic carbocycles. The summed E-state index contributed by atoms with van der Waals surface area (Å²) in [4.78, 5) is 65.8. The van der Waals surface area contributed by atoms with E-state index in [1.807, 2.05) is 0 Å². The van der Waals surface area contributed by atoms with E-state index in [1.165, 1.54) is 63.4 Å². The van der Waals surface area contributed by atoms with Crippen LogP contribution in [0.1, 0.15) is 32.7 Å². The van der Waals surface area contributed by atoms with Crippen molar-refractivity contribution in [3.8, 4) is 17.2 Å². The molecule has 1 aliphatic rings. The Kier molecular flexibility index (Phi) is 10.6. The molecule has 0 aliphatic carbocycles. The molecule has 49 heavy (non-hydrogen) atoms. The highest BCUT2D eigenvalue weighted by atomic mass is 32.2. The molecule has 0 saturated carbocycles. The summed E-state index contributed by atoms with van der Waals surface area (Å²) in [6, 6.07) is 24.3. The summed E-state index contributed by atoms with van der Waals surface area (Å²) in [6.45, 7) is 0. The zero-order valence-electron chi connectivity index (χ0n) is 26.7. The summed E-state index contributed by atoms with van der Waals surface area (Å²) in [5.74, 6) is -1.28. The maximum atomic E-state index is 13.6. The Morgan fingerprint density at radius 2 is 1.45 bits per heavy atom. The number of thioether (sulfide) groups is 1. The van der Waals surface area contributed by atoms with E-state index in [4.69, 9.17) is 19.9 Å². The number of nitrogens with one attached hydrogen (secondary N) is 2. The lowest BCUT2D eigenvalue weighted by Gasteiger charge is -2.15. The summed E-state index contributed by atoms with van der Waals surface area (Å²) in [7, 11) is 4.44. The fourth-order valence-electron chi connectivity index (χ4n) is 4.99. The lowest BCUT2D eigenvalue weighted by Crippen LogP contribution is -2.31. The van der Waals surface area contributed by atoms with Gasteiger partial charge in [0.1, 0.15) is 11.4 Å². The monoisotopic (exact) mass is 680 g/mol. The number of imide groups is 1. The van der Waals surface area contributed by atoms with E-state index in [0.717, 1.165) is 4.90 Å². The first-order valence-corrected chi connectivity index (χ1v) is 15.7. The number of anilines is 2. The minimum absolute atomic E-state index is 0.00552. The molecule has 0 spiro atoms. The summed E-state index contributed by atoms with van der Waals surface area (Å²) < 4.78 is 16.3. The Bertz CT molecular complexity index is 1930. The Balaban J connectivity index is 1.33. The van der Waals surface area contributed by atoms with Crippen LogP contribution in [-0.2, 0) is 14.4 Å². The zero-order chi connectivity index (χ0) is 35.1. The van der Waals surface area contributed by atoms with E-state index >= 15 is 0 Å². The van der Waals surface area contributed by atoms with Crippen molar-refractivity contribution < 1.29 is 38.2 Å². The summed E-state index contributed by atoms with van der Waals surface area (Å²) in [5, 5.41) is 4.83. The number of benzene rings is 4. The number of carbonyl (C=O) groups is 5. The van der Waals surface area contributed by atoms with E-state index < -0.39 is 23.0 Å². The highest BCUT2D eigenvalue weighted by Crippen LogP contribution is 2.36. The van der Waals surface area contributed by atoms with Crippen LogP contribution in [0, 0.1) is 0 Å². The molecule has 4 N–H and O–H groups in total. The van der Waals surface area contributed by atoms with Gasteiger partial charge in [-0.2, -0.15) is 0 Å². The third kappa shape index (κ3) is 7.91. The molecular formula is C36H32N4O8S. The number of ether oxygens (including phenoxy) is 3. The Morgan fingerprint density at radius 1 is 0.816 bits per heavy atom. The van der Waals surface area contributed by atoms with Crippen LogP contribution >= 0.6 is 11.8 Å². The average molecular weight is 681 g/mol. The second-order valence-electron chi connectivity index (χ2n) is 10.6. The van der Waals surface area contributed by atoms with Gasteiger partial charge in [-0.05, 0) is 72.8 Å². The number of amides is 5. The second kappa shape index (κ2) is 15.2. The molecule has 0 bridgehead atoms. The summed E-state index contributed by atoms with van der Waals surface area (Å²) in [5.41, 5.74) is 7.05. The van der Waals surface area contributed by atoms with Gasteiger partial charge in [0.25, 0.3) is 11.8 Å². The van der Waals surface area contributed by atoms with Crippen LogP contribution in [0.5, 0.6) is 17.2 Å². The van der Waals surface area contributed by atoms with Crippen molar-refractivity contribution >= 4 is 58.7 Å². The largest absolute Gasteiger partial charge is 0.496 e. The van der Waals surface area contributed by atoms with Gasteiger partial charge in [-0.3, -0.25) is 24.0 Å². The summed E-state index contributed by atoms with van der Waals surface area (Å²) >= 11 is 1.22. The number of primary amides is 1. The first-order valence-electron chi connectivity index (χ1n) is 14.8. The van der Waals surface area contributed by atoms with E-state index in [2.05, 4.69) is 10.6 Å². The normalized spacial score (nSPS) is 14.3. The topological polar surface area (TPSA) is 166 Å². The lowest BCUT2D eigenvalue weighted by atomic mass is 10.1. The molecule has 1 atom stereocenters. The number of hydrogen-bond donors (Lipinski definition) is 3. The SMILES string of the molecule is COc1cc(OC)c(OC)cc1/C=C(\NC(=O)c1ccccc1)C(=O)Nc1ccc(SC2CC(=O)N(c3ccc(C(N)=O)cc3)C2=O)cc1. The maximum absolute atomic E-state index is 13.6. The minimum Gasteiger partial charge on any atom is -0.496 e. The van der Waals surface area contributed by atoms with Crippen molar-refractivity contribution in [3.63, 3.8) is 0 Å². The highest BCUT2D eigenvalue weighted by molar-refractivity contribution is 8.00. The molecule has 1 saturated heterocycles. The van der Waals surface area contributed by atoms with Gasteiger partial charge in [0.05, 0.1) is 32.3 Å². The van der Waals surface area contributed by atoms with Gasteiger partial charge in [0.15, 0.2) is 11.5 Å². The third-order valence-electron chi connectivity index (χ3n) is 7.47. The molecule has 5 rings (SSSR count). The van der Waals surface area contributed by atoms with E-state index in [1.54, 1.807) is 66.7 Å². The zero-order valence-corrected chi connectivity index (χ0v) is 27.5. The minimum atomic E-state index is -0.664. The van der Waals surface area contributed by atoms with Crippen molar-refractivity contribution in [1.29, 1.82) is 0 Å². The Labute approximate surface area is 286 Å². The van der Waals surface area contributed by atoms with E-state index in [0.29, 0.717) is 44.6 Å². The van der Waals surface area contributed by atoms with Crippen molar-refractivity contribution in [2.24, 2.45) is 5.73 Å². The number of nitrogens with zero attached hydrogens (tertiary/aromatic N) is 1. The number of hydrogen-bond acceptors (Lipinski definition) is 9. The van der Waals surface area contributed by atoms with Gasteiger partial charge >= 0.3 is 0 Å². The maximum Gasteiger partial charge on any atom is 0.272 e. The quantitative estimate of drug-likeness (QED) is 0.143. The van der Waals surface area contributed by atoms with Crippen LogP contribution < -0.4 is 35.5 Å². The fraction of sp³-hybridized carbons (Fsp3) is 0.139. The van der Waals surface area contributed by atoms with Crippen LogP contribution in [0.15, 0.2) is 102 Å². The van der Waals surface area contributed by atoms with Crippen LogP contribution in [0.4, 0.5) is 11.4 Å². The first kappa shape index (κ1) is 34.3. The summed E-state index contributed by atoms with van der Waals surface area (Å²) in [6.07, 6.45) is 1.46. The van der Waals surface area contributed by atoms with Crippen molar-refractivity contribution in [3.05, 3.63) is 113 Å². The molecule has 1 unspecified atom stereocenters. The molecule has 0 aromatic heterocycles. The first-order chi connectivity index (χ1) is 23.6. The molecule has 0 radical (unpaired) electrons. The Hall–Kier alpha value is -6.08. The van der Waals surface area contributed by atoms with E-state index in [-0.39, 0.29) is 29.5 Å². The molecule has 4 aromatic rings. The predicted octanol–water partition coefficient (Wildman–Crippen LogP) is 4.65. The van der Waals surface area contributed by atoms with Crippen LogP contribution in [0.3, 0.4) is 0 Å². The van der Waals surface area contributed by atoms with Gasteiger partial charge in [0.2, 0.25) is 17.7 Å². The lowest BCUT2D eigenvalue weighted by molar-refractivity contribution is -0.121. The van der Waals surface area contributed by atoms with Crippen molar-refractivity contribution in [2.45, 2.75) is 16.6 Å². The number of nitrogens with two attached hydrogens (primary N) is 1. The number of methoxy groups -OCH3 is 3. The smallest absolute Gasteiger partial charge is 0.272 e. The van der Waals surface area contributed by atoms with Gasteiger partial charge in [-0.25, -0.2) is 4.90 Å².